The van der Waals surface area contributed by atoms with Crippen molar-refractivity contribution in [2.75, 3.05) is 6.61 Å². The number of hydrogen-bond acceptors (Lipinski definition) is 5. The highest BCUT2D eigenvalue weighted by molar-refractivity contribution is 7.16. The van der Waals surface area contributed by atoms with E-state index in [4.69, 9.17) is 4.74 Å². The number of hydrogen-bond donors (Lipinski definition) is 0. The highest BCUT2D eigenvalue weighted by atomic mass is 32.1. The van der Waals surface area contributed by atoms with Crippen LogP contribution in [0.15, 0.2) is 29.9 Å². The van der Waals surface area contributed by atoms with Gasteiger partial charge in [0.15, 0.2) is 5.69 Å². The lowest BCUT2D eigenvalue weighted by atomic mass is 10.1. The molecule has 0 aliphatic carbocycles. The van der Waals surface area contributed by atoms with Crippen LogP contribution in [-0.4, -0.2) is 27.3 Å². The fourth-order valence-electron chi connectivity index (χ4n) is 2.07. The number of aromatic nitrogens is 3. The van der Waals surface area contributed by atoms with Crippen LogP contribution in [0.25, 0.3) is 21.3 Å². The molecule has 0 saturated heterocycles. The second-order valence-electron chi connectivity index (χ2n) is 4.32. The maximum Gasteiger partial charge on any atom is 0.359 e. The van der Waals surface area contributed by atoms with Crippen molar-refractivity contribution in [2.45, 2.75) is 6.92 Å². The van der Waals surface area contributed by atoms with Crippen LogP contribution in [0.2, 0.25) is 0 Å². The maximum absolute atomic E-state index is 12.0. The summed E-state index contributed by atoms with van der Waals surface area (Å²) in [5.41, 5.74) is 4.84. The summed E-state index contributed by atoms with van der Waals surface area (Å²) in [6.07, 6.45) is 1.83. The topological polar surface area (TPSA) is 57.0 Å². The zero-order valence-electron chi connectivity index (χ0n) is 11.2. The number of aryl methyl sites for hydroxylation is 1. The minimum absolute atomic E-state index is 0.336. The summed E-state index contributed by atoms with van der Waals surface area (Å²) < 4.78 is 7.76. The van der Waals surface area contributed by atoms with Crippen molar-refractivity contribution < 1.29 is 9.53 Å². The number of ether oxygens (including phenoxy) is 1. The number of nitrogens with zero attached hydrogens (tertiary/aromatic N) is 3. The van der Waals surface area contributed by atoms with E-state index >= 15 is 0 Å². The number of carbonyl (C=O) groups is 1. The van der Waals surface area contributed by atoms with Crippen molar-refractivity contribution in [3.63, 3.8) is 0 Å². The van der Waals surface area contributed by atoms with E-state index in [2.05, 4.69) is 10.1 Å². The number of esters is 1. The molecule has 20 heavy (non-hydrogen) atoms. The van der Waals surface area contributed by atoms with Gasteiger partial charge in [-0.05, 0) is 24.6 Å². The Hall–Kier alpha value is -2.21. The van der Waals surface area contributed by atoms with Crippen molar-refractivity contribution in [2.24, 2.45) is 7.05 Å². The Kier molecular flexibility index (Phi) is 3.23. The summed E-state index contributed by atoms with van der Waals surface area (Å²) in [5.74, 6) is -0.396. The Labute approximate surface area is 119 Å². The molecule has 0 spiro atoms. The average molecular weight is 287 g/mol. The Morgan fingerprint density at radius 1 is 1.45 bits per heavy atom. The van der Waals surface area contributed by atoms with Gasteiger partial charge < -0.3 is 4.74 Å². The molecule has 0 unspecified atom stereocenters. The monoisotopic (exact) mass is 287 g/mol. The van der Waals surface area contributed by atoms with E-state index in [1.54, 1.807) is 30.0 Å². The molecule has 2 heterocycles. The van der Waals surface area contributed by atoms with E-state index in [0.717, 1.165) is 21.3 Å². The molecule has 0 bridgehead atoms. The van der Waals surface area contributed by atoms with Gasteiger partial charge in [-0.15, -0.1) is 11.3 Å². The fourth-order valence-corrected chi connectivity index (χ4v) is 2.79. The molecule has 3 aromatic rings. The summed E-state index contributed by atoms with van der Waals surface area (Å²) in [6, 6.07) is 5.91. The number of thiazole rings is 1. The third-order valence-electron chi connectivity index (χ3n) is 2.94. The van der Waals surface area contributed by atoms with Gasteiger partial charge in [-0.3, -0.25) is 4.68 Å². The van der Waals surface area contributed by atoms with Crippen molar-refractivity contribution in [1.82, 2.24) is 14.8 Å². The van der Waals surface area contributed by atoms with Gasteiger partial charge in [0.05, 0.1) is 22.3 Å². The van der Waals surface area contributed by atoms with Crippen LogP contribution in [-0.2, 0) is 11.8 Å². The zero-order chi connectivity index (χ0) is 14.1. The summed E-state index contributed by atoms with van der Waals surface area (Å²) in [4.78, 5) is 16.2. The normalized spacial score (nSPS) is 10.9. The first-order valence-corrected chi connectivity index (χ1v) is 7.11. The first-order valence-electron chi connectivity index (χ1n) is 6.23. The van der Waals surface area contributed by atoms with Crippen LogP contribution >= 0.6 is 11.3 Å². The van der Waals surface area contributed by atoms with E-state index in [1.807, 2.05) is 29.9 Å². The molecule has 6 heteroatoms. The van der Waals surface area contributed by atoms with Crippen molar-refractivity contribution >= 4 is 27.5 Å². The smallest absolute Gasteiger partial charge is 0.359 e. The molecule has 1 aromatic carbocycles. The minimum atomic E-state index is -0.396. The fraction of sp³-hybridized carbons (Fsp3) is 0.214. The maximum atomic E-state index is 12.0. The van der Waals surface area contributed by atoms with Gasteiger partial charge in [-0.1, -0.05) is 6.07 Å². The van der Waals surface area contributed by atoms with E-state index < -0.39 is 5.97 Å². The van der Waals surface area contributed by atoms with Crippen LogP contribution in [0.1, 0.15) is 17.4 Å². The van der Waals surface area contributed by atoms with Gasteiger partial charge >= 0.3 is 5.97 Å². The third-order valence-corrected chi connectivity index (χ3v) is 3.73. The van der Waals surface area contributed by atoms with Crippen LogP contribution in [0.4, 0.5) is 0 Å². The van der Waals surface area contributed by atoms with Gasteiger partial charge in [0.1, 0.15) is 0 Å². The lowest BCUT2D eigenvalue weighted by molar-refractivity contribution is 0.0519. The summed E-state index contributed by atoms with van der Waals surface area (Å²) in [7, 11) is 1.79. The van der Waals surface area contributed by atoms with Gasteiger partial charge in [0.2, 0.25) is 0 Å². The molecule has 5 nitrogen and oxygen atoms in total. The Balaban J connectivity index is 2.10. The lowest BCUT2D eigenvalue weighted by Crippen LogP contribution is -2.07. The van der Waals surface area contributed by atoms with E-state index in [1.165, 1.54) is 0 Å². The van der Waals surface area contributed by atoms with Crippen molar-refractivity contribution in [1.29, 1.82) is 0 Å². The quantitative estimate of drug-likeness (QED) is 0.695. The molecule has 0 amide bonds. The van der Waals surface area contributed by atoms with Gasteiger partial charge in [-0.25, -0.2) is 9.78 Å². The summed E-state index contributed by atoms with van der Waals surface area (Å²) in [6.45, 7) is 2.12. The largest absolute Gasteiger partial charge is 0.461 e. The summed E-state index contributed by atoms with van der Waals surface area (Å²) >= 11 is 1.57. The van der Waals surface area contributed by atoms with Gasteiger partial charge in [0, 0.05) is 18.8 Å². The first kappa shape index (κ1) is 12.8. The second kappa shape index (κ2) is 5.05. The van der Waals surface area contributed by atoms with Crippen molar-refractivity contribution in [3.05, 3.63) is 35.6 Å². The number of fused-ring (bicyclic) bond motifs is 1. The molecule has 0 fully saturated rings. The molecule has 0 atom stereocenters. The molecular weight excluding hydrogens is 274 g/mol. The molecule has 0 aliphatic rings. The predicted molar refractivity (Wildman–Crippen MR) is 77.8 cm³/mol. The summed E-state index contributed by atoms with van der Waals surface area (Å²) in [5, 5.41) is 4.20. The standard InChI is InChI=1S/C14H13N3O2S/c1-3-19-14(18)13-10(7-17(2)16-13)9-4-5-11-12(6-9)20-8-15-11/h4-8H,3H2,1-2H3. The van der Waals surface area contributed by atoms with E-state index in [9.17, 15) is 4.79 Å². The predicted octanol–water partition coefficient (Wildman–Crippen LogP) is 2.87. The van der Waals surface area contributed by atoms with Gasteiger partial charge in [0.25, 0.3) is 0 Å². The van der Waals surface area contributed by atoms with Gasteiger partial charge in [-0.2, -0.15) is 5.10 Å². The highest BCUT2D eigenvalue weighted by Gasteiger charge is 2.18. The second-order valence-corrected chi connectivity index (χ2v) is 5.21. The molecule has 0 radical (unpaired) electrons. The van der Waals surface area contributed by atoms with Crippen LogP contribution in [0, 0.1) is 0 Å². The minimum Gasteiger partial charge on any atom is -0.461 e. The Morgan fingerprint density at radius 3 is 3.10 bits per heavy atom. The molecule has 102 valence electrons. The Morgan fingerprint density at radius 2 is 2.30 bits per heavy atom. The number of carbonyl (C=O) groups excluding carboxylic acids is 1. The third kappa shape index (κ3) is 2.18. The molecular formula is C14H13N3O2S. The Bertz CT molecular complexity index is 776. The van der Waals surface area contributed by atoms with Crippen LogP contribution < -0.4 is 0 Å². The molecule has 3 rings (SSSR count). The molecule has 0 aliphatic heterocycles. The van der Waals surface area contributed by atoms with E-state index in [-0.39, 0.29) is 0 Å². The van der Waals surface area contributed by atoms with E-state index in [0.29, 0.717) is 12.3 Å². The SMILES string of the molecule is CCOC(=O)c1nn(C)cc1-c1ccc2ncsc2c1. The highest BCUT2D eigenvalue weighted by Crippen LogP contribution is 2.28. The van der Waals surface area contributed by atoms with Crippen LogP contribution in [0.3, 0.4) is 0 Å². The molecule has 0 saturated carbocycles. The van der Waals surface area contributed by atoms with Crippen LogP contribution in [0.5, 0.6) is 0 Å². The van der Waals surface area contributed by atoms with Crippen molar-refractivity contribution in [3.8, 4) is 11.1 Å². The average Bonchev–Trinajstić information content (AvgIpc) is 3.04. The first-order chi connectivity index (χ1) is 9.69. The molecule has 2 aromatic heterocycles. The number of benzene rings is 1. The zero-order valence-corrected chi connectivity index (χ0v) is 12.0. The lowest BCUT2D eigenvalue weighted by Gasteiger charge is -2.02. The number of rotatable bonds is 3. The molecule has 0 N–H and O–H groups in total.